The van der Waals surface area contributed by atoms with Crippen molar-refractivity contribution in [1.29, 1.82) is 0 Å². The lowest BCUT2D eigenvalue weighted by atomic mass is 9.80. The normalized spacial score (nSPS) is 18.1. The van der Waals surface area contributed by atoms with Crippen LogP contribution in [0.1, 0.15) is 88.1 Å². The van der Waals surface area contributed by atoms with Crippen molar-refractivity contribution in [2.75, 3.05) is 18.5 Å². The lowest BCUT2D eigenvalue weighted by molar-refractivity contribution is -0.154. The zero-order valence-electron chi connectivity index (χ0n) is 24.0. The number of nitrogens with one attached hydrogen (secondary N) is 1. The van der Waals surface area contributed by atoms with Crippen LogP contribution in [-0.2, 0) is 26.0 Å². The third-order valence-corrected chi connectivity index (χ3v) is 7.74. The number of aromatic nitrogens is 3. The molecule has 0 bridgehead atoms. The second kappa shape index (κ2) is 12.2. The maximum Gasteiger partial charge on any atom is 0.433 e. The minimum Gasteiger partial charge on any atom is -0.464 e. The van der Waals surface area contributed by atoms with Gasteiger partial charge in [-0.15, -0.1) is 0 Å². The van der Waals surface area contributed by atoms with Crippen molar-refractivity contribution in [1.82, 2.24) is 14.8 Å². The Kier molecular flexibility index (Phi) is 9.06. The summed E-state index contributed by atoms with van der Waals surface area (Å²) in [6.45, 7) is 9.55. The number of halogens is 3. The number of benzene rings is 1. The van der Waals surface area contributed by atoms with E-state index in [1.165, 1.54) is 6.07 Å². The SMILES string of the molecule is CCOC(=O)COC(C)(C)c1cc2nn([C@H]3CC[C@H](C(C)C)CC3)cc2cc1NC(=O)c1cccc(C(F)(F)F)n1. The number of amides is 1. The second-order valence-corrected chi connectivity index (χ2v) is 11.3. The summed E-state index contributed by atoms with van der Waals surface area (Å²) < 4.78 is 52.5. The maximum absolute atomic E-state index is 13.2. The Morgan fingerprint density at radius 2 is 1.83 bits per heavy atom. The Bertz CT molecular complexity index is 1390. The minimum absolute atomic E-state index is 0.205. The van der Waals surface area contributed by atoms with Crippen LogP contribution in [0.4, 0.5) is 18.9 Å². The fourth-order valence-electron chi connectivity index (χ4n) is 5.34. The van der Waals surface area contributed by atoms with Gasteiger partial charge < -0.3 is 14.8 Å². The van der Waals surface area contributed by atoms with Crippen LogP contribution in [-0.4, -0.2) is 39.9 Å². The van der Waals surface area contributed by atoms with Crippen LogP contribution in [0.2, 0.25) is 0 Å². The molecule has 0 spiro atoms. The number of nitrogens with zero attached hydrogens (tertiary/aromatic N) is 3. The number of pyridine rings is 1. The molecule has 2 heterocycles. The highest BCUT2D eigenvalue weighted by atomic mass is 19.4. The fraction of sp³-hybridized carbons (Fsp3) is 0.533. The summed E-state index contributed by atoms with van der Waals surface area (Å²) in [5.74, 6) is -0.00468. The van der Waals surface area contributed by atoms with Crippen molar-refractivity contribution in [3.05, 3.63) is 53.5 Å². The average Bonchev–Trinajstić information content (AvgIpc) is 3.34. The molecule has 3 aromatic rings. The second-order valence-electron chi connectivity index (χ2n) is 11.3. The van der Waals surface area contributed by atoms with Crippen LogP contribution in [0.5, 0.6) is 0 Å². The maximum atomic E-state index is 13.2. The summed E-state index contributed by atoms with van der Waals surface area (Å²) in [7, 11) is 0. The molecule has 1 amide bonds. The Labute approximate surface area is 237 Å². The van der Waals surface area contributed by atoms with Gasteiger partial charge in [0, 0.05) is 22.8 Å². The van der Waals surface area contributed by atoms with Crippen LogP contribution in [0, 0.1) is 11.8 Å². The molecule has 4 rings (SSSR count). The molecule has 1 aliphatic carbocycles. The fourth-order valence-corrected chi connectivity index (χ4v) is 5.34. The van der Waals surface area contributed by atoms with E-state index in [0.717, 1.165) is 43.2 Å². The third kappa shape index (κ3) is 7.25. The van der Waals surface area contributed by atoms with E-state index in [2.05, 4.69) is 24.1 Å². The first-order valence-electron chi connectivity index (χ1n) is 14.0. The predicted molar refractivity (Wildman–Crippen MR) is 148 cm³/mol. The van der Waals surface area contributed by atoms with Gasteiger partial charge in [0.1, 0.15) is 18.0 Å². The molecular weight excluding hydrogens is 537 g/mol. The summed E-state index contributed by atoms with van der Waals surface area (Å²) in [6.07, 6.45) is 1.54. The van der Waals surface area contributed by atoms with Gasteiger partial charge in [-0.2, -0.15) is 18.3 Å². The van der Waals surface area contributed by atoms with E-state index in [9.17, 15) is 22.8 Å². The summed E-state index contributed by atoms with van der Waals surface area (Å²) in [6, 6.07) is 6.93. The molecular formula is C30H37F3N4O4. The molecule has 41 heavy (non-hydrogen) atoms. The number of esters is 1. The number of alkyl halides is 3. The molecule has 0 unspecified atom stereocenters. The summed E-state index contributed by atoms with van der Waals surface area (Å²) in [5.41, 5.74) is -1.14. The number of carbonyl (C=O) groups excluding carboxylic acids is 2. The molecule has 0 atom stereocenters. The van der Waals surface area contributed by atoms with Gasteiger partial charge >= 0.3 is 12.1 Å². The van der Waals surface area contributed by atoms with Gasteiger partial charge in [-0.25, -0.2) is 9.78 Å². The zero-order chi connectivity index (χ0) is 29.9. The van der Waals surface area contributed by atoms with Gasteiger partial charge in [-0.1, -0.05) is 19.9 Å². The van der Waals surface area contributed by atoms with Crippen molar-refractivity contribution in [3.63, 3.8) is 0 Å². The summed E-state index contributed by atoms with van der Waals surface area (Å²) in [4.78, 5) is 28.6. The molecule has 1 fully saturated rings. The Hall–Kier alpha value is -3.47. The van der Waals surface area contributed by atoms with Crippen LogP contribution in [0.25, 0.3) is 10.9 Å². The molecule has 0 saturated heterocycles. The van der Waals surface area contributed by atoms with Gasteiger partial charge in [0.2, 0.25) is 0 Å². The van der Waals surface area contributed by atoms with Crippen LogP contribution in [0.3, 0.4) is 0 Å². The molecule has 1 saturated carbocycles. The quantitative estimate of drug-likeness (QED) is 0.279. The molecule has 2 aromatic heterocycles. The molecule has 11 heteroatoms. The Morgan fingerprint density at radius 3 is 2.46 bits per heavy atom. The van der Waals surface area contributed by atoms with E-state index in [4.69, 9.17) is 14.6 Å². The standard InChI is InChI=1S/C30H37F3N4O4/c1-6-40-27(38)17-41-29(4,5)22-15-24-20(16-37(36-24)21-12-10-19(11-13-21)18(2)3)14-25(22)35-28(39)23-8-7-9-26(34-23)30(31,32)33/h7-9,14-16,18-19,21H,6,10-13,17H2,1-5H3,(H,35,39)/t19-,21-. The molecule has 1 aromatic carbocycles. The van der Waals surface area contributed by atoms with Crippen molar-refractivity contribution < 1.29 is 32.2 Å². The van der Waals surface area contributed by atoms with Gasteiger partial charge in [-0.05, 0) is 82.6 Å². The van der Waals surface area contributed by atoms with Gasteiger partial charge in [0.05, 0.1) is 23.8 Å². The Morgan fingerprint density at radius 1 is 1.12 bits per heavy atom. The van der Waals surface area contributed by atoms with Crippen molar-refractivity contribution >= 4 is 28.5 Å². The first-order chi connectivity index (χ1) is 19.3. The zero-order valence-corrected chi connectivity index (χ0v) is 24.0. The predicted octanol–water partition coefficient (Wildman–Crippen LogP) is 6.90. The molecule has 0 aliphatic heterocycles. The largest absolute Gasteiger partial charge is 0.464 e. The number of hydrogen-bond acceptors (Lipinski definition) is 6. The lowest BCUT2D eigenvalue weighted by Crippen LogP contribution is -2.28. The lowest BCUT2D eigenvalue weighted by Gasteiger charge is -2.30. The number of anilines is 1. The average molecular weight is 575 g/mol. The van der Waals surface area contributed by atoms with Crippen molar-refractivity contribution in [2.24, 2.45) is 11.8 Å². The topological polar surface area (TPSA) is 95.3 Å². The van der Waals surface area contributed by atoms with Crippen molar-refractivity contribution in [3.8, 4) is 0 Å². The van der Waals surface area contributed by atoms with Crippen LogP contribution in [0.15, 0.2) is 36.5 Å². The van der Waals surface area contributed by atoms with Gasteiger partial charge in [-0.3, -0.25) is 9.48 Å². The summed E-state index contributed by atoms with van der Waals surface area (Å²) in [5, 5.41) is 8.32. The molecule has 8 nitrogen and oxygen atoms in total. The number of rotatable bonds is 9. The number of carbonyl (C=O) groups is 2. The monoisotopic (exact) mass is 574 g/mol. The number of ether oxygens (including phenoxy) is 2. The van der Waals surface area contributed by atoms with E-state index < -0.39 is 29.3 Å². The van der Waals surface area contributed by atoms with Crippen molar-refractivity contribution in [2.45, 2.75) is 78.1 Å². The van der Waals surface area contributed by atoms with Crippen LogP contribution < -0.4 is 5.32 Å². The van der Waals surface area contributed by atoms with Gasteiger partial charge in [0.25, 0.3) is 5.91 Å². The van der Waals surface area contributed by atoms with E-state index >= 15 is 0 Å². The minimum atomic E-state index is -4.69. The smallest absolute Gasteiger partial charge is 0.433 e. The molecule has 1 aliphatic rings. The molecule has 222 valence electrons. The Balaban J connectivity index is 1.68. The van der Waals surface area contributed by atoms with E-state index in [0.29, 0.717) is 28.6 Å². The van der Waals surface area contributed by atoms with Gasteiger partial charge in [0.15, 0.2) is 0 Å². The molecule has 1 N–H and O–H groups in total. The van der Waals surface area contributed by atoms with E-state index in [-0.39, 0.29) is 24.9 Å². The van der Waals surface area contributed by atoms with Crippen LogP contribution >= 0.6 is 0 Å². The highest BCUT2D eigenvalue weighted by Crippen LogP contribution is 2.38. The first-order valence-corrected chi connectivity index (χ1v) is 14.0. The first kappa shape index (κ1) is 30.5. The number of hydrogen-bond donors (Lipinski definition) is 1. The highest BCUT2D eigenvalue weighted by Gasteiger charge is 2.33. The highest BCUT2D eigenvalue weighted by molar-refractivity contribution is 6.04. The van der Waals surface area contributed by atoms with E-state index in [1.807, 2.05) is 10.9 Å². The third-order valence-electron chi connectivity index (χ3n) is 7.74. The molecule has 0 radical (unpaired) electrons. The number of fused-ring (bicyclic) bond motifs is 1. The summed E-state index contributed by atoms with van der Waals surface area (Å²) >= 11 is 0. The van der Waals surface area contributed by atoms with E-state index in [1.54, 1.807) is 32.9 Å².